The van der Waals surface area contributed by atoms with Crippen molar-refractivity contribution >= 4 is 5.97 Å². The van der Waals surface area contributed by atoms with Crippen LogP contribution in [0.3, 0.4) is 0 Å². The molecule has 0 amide bonds. The van der Waals surface area contributed by atoms with Crippen molar-refractivity contribution in [3.63, 3.8) is 0 Å². The van der Waals surface area contributed by atoms with Crippen molar-refractivity contribution in [3.8, 4) is 17.9 Å². The summed E-state index contributed by atoms with van der Waals surface area (Å²) in [6, 6.07) is 11.0. The van der Waals surface area contributed by atoms with E-state index in [1.165, 1.54) is 7.11 Å². The lowest BCUT2D eigenvalue weighted by Gasteiger charge is -2.07. The van der Waals surface area contributed by atoms with E-state index in [4.69, 9.17) is 9.47 Å². The van der Waals surface area contributed by atoms with Crippen LogP contribution in [-0.4, -0.2) is 19.7 Å². The molecule has 0 radical (unpaired) electrons. The van der Waals surface area contributed by atoms with E-state index in [0.29, 0.717) is 11.3 Å². The summed E-state index contributed by atoms with van der Waals surface area (Å²) in [6.45, 7) is 1.92. The summed E-state index contributed by atoms with van der Waals surface area (Å²) in [6.07, 6.45) is 0. The molecule has 102 valence electrons. The number of ether oxygens (including phenoxy) is 2. The number of esters is 1. The predicted octanol–water partition coefficient (Wildman–Crippen LogP) is 2.01. The quantitative estimate of drug-likeness (QED) is 0.781. The van der Waals surface area contributed by atoms with E-state index in [1.54, 1.807) is 31.2 Å². The van der Waals surface area contributed by atoms with E-state index in [2.05, 4.69) is 0 Å². The first kappa shape index (κ1) is 13.9. The standard InChI is InChI=1S/C15H14N2O3/c1-3-20-14(18)13-12(15(13,8-16)9-17)10-6-4-5-7-11(10)19-2/h4-7,12-13H,3H2,1-2H3/t12-,13+/m0/s1. The third-order valence-corrected chi connectivity index (χ3v) is 3.59. The van der Waals surface area contributed by atoms with Gasteiger partial charge in [0.15, 0.2) is 5.41 Å². The van der Waals surface area contributed by atoms with E-state index in [1.807, 2.05) is 12.1 Å². The maximum Gasteiger partial charge on any atom is 0.312 e. The number of para-hydroxylation sites is 1. The highest BCUT2D eigenvalue weighted by Gasteiger charge is 2.72. The normalized spacial score (nSPS) is 22.2. The molecule has 1 fully saturated rings. The molecule has 0 heterocycles. The van der Waals surface area contributed by atoms with Crippen molar-refractivity contribution < 1.29 is 14.3 Å². The molecule has 0 bridgehead atoms. The third kappa shape index (κ3) is 1.88. The number of hydrogen-bond acceptors (Lipinski definition) is 5. The number of benzene rings is 1. The van der Waals surface area contributed by atoms with Gasteiger partial charge in [0.2, 0.25) is 0 Å². The van der Waals surface area contributed by atoms with Crippen molar-refractivity contribution in [2.45, 2.75) is 12.8 Å². The molecule has 20 heavy (non-hydrogen) atoms. The molecule has 0 saturated heterocycles. The number of hydrogen-bond donors (Lipinski definition) is 0. The molecule has 5 nitrogen and oxygen atoms in total. The Bertz CT molecular complexity index is 598. The van der Waals surface area contributed by atoms with Gasteiger partial charge < -0.3 is 9.47 Å². The Balaban J connectivity index is 2.43. The lowest BCUT2D eigenvalue weighted by molar-refractivity contribution is -0.145. The van der Waals surface area contributed by atoms with Gasteiger partial charge in [-0.1, -0.05) is 18.2 Å². The van der Waals surface area contributed by atoms with Crippen LogP contribution in [0.1, 0.15) is 18.4 Å². The van der Waals surface area contributed by atoms with Crippen LogP contribution in [0.2, 0.25) is 0 Å². The molecule has 1 aliphatic rings. The van der Waals surface area contributed by atoms with Crippen molar-refractivity contribution in [2.24, 2.45) is 11.3 Å². The summed E-state index contributed by atoms with van der Waals surface area (Å²) in [5.41, 5.74) is -0.669. The fourth-order valence-electron chi connectivity index (χ4n) is 2.59. The zero-order chi connectivity index (χ0) is 14.8. The number of nitriles is 2. The summed E-state index contributed by atoms with van der Waals surface area (Å²) in [4.78, 5) is 12.0. The zero-order valence-electron chi connectivity index (χ0n) is 11.3. The van der Waals surface area contributed by atoms with Gasteiger partial charge in [-0.3, -0.25) is 4.79 Å². The number of methoxy groups -OCH3 is 1. The van der Waals surface area contributed by atoms with Crippen molar-refractivity contribution in [3.05, 3.63) is 29.8 Å². The summed E-state index contributed by atoms with van der Waals surface area (Å²) in [7, 11) is 1.51. The van der Waals surface area contributed by atoms with Crippen LogP contribution in [0.15, 0.2) is 24.3 Å². The molecule has 0 aromatic heterocycles. The van der Waals surface area contributed by atoms with Crippen LogP contribution < -0.4 is 4.74 Å². The smallest absolute Gasteiger partial charge is 0.312 e. The van der Waals surface area contributed by atoms with E-state index < -0.39 is 23.2 Å². The summed E-state index contributed by atoms with van der Waals surface area (Å²) in [5.74, 6) is -1.20. The third-order valence-electron chi connectivity index (χ3n) is 3.59. The Kier molecular flexibility index (Phi) is 3.63. The van der Waals surface area contributed by atoms with E-state index >= 15 is 0 Å². The van der Waals surface area contributed by atoms with Gasteiger partial charge in [-0.2, -0.15) is 10.5 Å². The number of carbonyl (C=O) groups is 1. The maximum atomic E-state index is 12.0. The van der Waals surface area contributed by atoms with Gasteiger partial charge in [-0.25, -0.2) is 0 Å². The number of nitrogens with zero attached hydrogens (tertiary/aromatic N) is 2. The lowest BCUT2D eigenvalue weighted by atomic mass is 10.0. The number of rotatable bonds is 4. The van der Waals surface area contributed by atoms with Crippen LogP contribution >= 0.6 is 0 Å². The lowest BCUT2D eigenvalue weighted by Crippen LogP contribution is -2.11. The molecule has 0 unspecified atom stereocenters. The second-order valence-electron chi connectivity index (χ2n) is 4.54. The molecular weight excluding hydrogens is 256 g/mol. The summed E-state index contributed by atoms with van der Waals surface area (Å²) < 4.78 is 10.2. The molecule has 1 aromatic carbocycles. The summed E-state index contributed by atoms with van der Waals surface area (Å²) >= 11 is 0. The highest BCUT2D eigenvalue weighted by molar-refractivity contribution is 5.83. The Morgan fingerprint density at radius 1 is 1.35 bits per heavy atom. The van der Waals surface area contributed by atoms with E-state index in [9.17, 15) is 15.3 Å². The SMILES string of the molecule is CCOC(=O)[C@H]1[C@H](c2ccccc2OC)C1(C#N)C#N. The predicted molar refractivity (Wildman–Crippen MR) is 69.5 cm³/mol. The first-order chi connectivity index (χ1) is 9.66. The fraction of sp³-hybridized carbons (Fsp3) is 0.400. The van der Waals surface area contributed by atoms with Crippen LogP contribution in [0.5, 0.6) is 5.75 Å². The van der Waals surface area contributed by atoms with Gasteiger partial charge in [0, 0.05) is 11.5 Å². The molecule has 5 heteroatoms. The maximum absolute atomic E-state index is 12.0. The van der Waals surface area contributed by atoms with Gasteiger partial charge in [0.25, 0.3) is 0 Å². The van der Waals surface area contributed by atoms with Gasteiger partial charge >= 0.3 is 5.97 Å². The minimum Gasteiger partial charge on any atom is -0.496 e. The average Bonchev–Trinajstić information content (AvgIpc) is 3.16. The molecule has 1 aromatic rings. The molecule has 1 aliphatic carbocycles. The highest BCUT2D eigenvalue weighted by Crippen LogP contribution is 2.66. The largest absolute Gasteiger partial charge is 0.496 e. The molecule has 2 atom stereocenters. The average molecular weight is 270 g/mol. The van der Waals surface area contributed by atoms with Crippen LogP contribution in [-0.2, 0) is 9.53 Å². The van der Waals surface area contributed by atoms with Crippen molar-refractivity contribution in [2.75, 3.05) is 13.7 Å². The van der Waals surface area contributed by atoms with Crippen LogP contribution in [0, 0.1) is 34.0 Å². The minimum atomic E-state index is -1.36. The molecule has 1 saturated carbocycles. The zero-order valence-corrected chi connectivity index (χ0v) is 11.3. The number of carbonyl (C=O) groups excluding carboxylic acids is 1. The Morgan fingerprint density at radius 2 is 2.00 bits per heavy atom. The van der Waals surface area contributed by atoms with Crippen LogP contribution in [0.4, 0.5) is 0 Å². The van der Waals surface area contributed by atoms with Crippen LogP contribution in [0.25, 0.3) is 0 Å². The first-order valence-corrected chi connectivity index (χ1v) is 6.28. The second kappa shape index (κ2) is 5.22. The van der Waals surface area contributed by atoms with Crippen molar-refractivity contribution in [1.29, 1.82) is 10.5 Å². The monoisotopic (exact) mass is 270 g/mol. The van der Waals surface area contributed by atoms with Crippen molar-refractivity contribution in [1.82, 2.24) is 0 Å². The summed E-state index contributed by atoms with van der Waals surface area (Å²) in [5, 5.41) is 18.6. The molecule has 2 rings (SSSR count). The minimum absolute atomic E-state index is 0.223. The first-order valence-electron chi connectivity index (χ1n) is 6.28. The molecular formula is C15H14N2O3. The highest BCUT2D eigenvalue weighted by atomic mass is 16.5. The topological polar surface area (TPSA) is 83.1 Å². The molecule has 0 aliphatic heterocycles. The Morgan fingerprint density at radius 3 is 2.55 bits per heavy atom. The Hall–Kier alpha value is -2.53. The van der Waals surface area contributed by atoms with Gasteiger partial charge in [0.05, 0.1) is 31.8 Å². The Labute approximate surface area is 117 Å². The van der Waals surface area contributed by atoms with Gasteiger partial charge in [-0.05, 0) is 13.0 Å². The molecule has 0 spiro atoms. The molecule has 0 N–H and O–H groups in total. The van der Waals surface area contributed by atoms with Gasteiger partial charge in [-0.15, -0.1) is 0 Å². The second-order valence-corrected chi connectivity index (χ2v) is 4.54. The van der Waals surface area contributed by atoms with E-state index in [-0.39, 0.29) is 6.61 Å². The van der Waals surface area contributed by atoms with Gasteiger partial charge in [0.1, 0.15) is 5.75 Å². The fourth-order valence-corrected chi connectivity index (χ4v) is 2.59. The van der Waals surface area contributed by atoms with E-state index in [0.717, 1.165) is 0 Å².